The Kier molecular flexibility index (Phi) is 4.47. The van der Waals surface area contributed by atoms with Crippen molar-refractivity contribution < 1.29 is 13.2 Å². The van der Waals surface area contributed by atoms with E-state index < -0.39 is 10.0 Å². The van der Waals surface area contributed by atoms with Crippen LogP contribution in [0.25, 0.3) is 0 Å². The minimum atomic E-state index is -3.35. The second-order valence-electron chi connectivity index (χ2n) is 4.72. The maximum atomic E-state index is 12.6. The van der Waals surface area contributed by atoms with Gasteiger partial charge in [-0.1, -0.05) is 6.92 Å². The first-order chi connectivity index (χ1) is 9.09. The first kappa shape index (κ1) is 14.3. The number of nitrogens with zero attached hydrogens (tertiary/aromatic N) is 1. The fourth-order valence-corrected chi connectivity index (χ4v) is 4.31. The molecule has 0 amide bonds. The molecular formula is C14H21NO3S. The molecule has 1 fully saturated rings. The summed E-state index contributed by atoms with van der Waals surface area (Å²) >= 11 is 0. The minimum absolute atomic E-state index is 0.150. The van der Waals surface area contributed by atoms with Crippen LogP contribution in [0, 0.1) is 0 Å². The highest BCUT2D eigenvalue weighted by molar-refractivity contribution is 7.89. The summed E-state index contributed by atoms with van der Waals surface area (Å²) in [7, 11) is -3.35. The van der Waals surface area contributed by atoms with Gasteiger partial charge >= 0.3 is 0 Å². The second kappa shape index (κ2) is 5.92. The summed E-state index contributed by atoms with van der Waals surface area (Å²) in [6.07, 6.45) is 2.79. The molecule has 1 aromatic carbocycles. The van der Waals surface area contributed by atoms with Crippen molar-refractivity contribution >= 4 is 10.0 Å². The smallest absolute Gasteiger partial charge is 0.243 e. The van der Waals surface area contributed by atoms with Crippen LogP contribution in [0.15, 0.2) is 29.2 Å². The monoisotopic (exact) mass is 283 g/mol. The Bertz CT molecular complexity index is 510. The zero-order chi connectivity index (χ0) is 13.9. The minimum Gasteiger partial charge on any atom is -0.494 e. The number of hydrogen-bond donors (Lipinski definition) is 0. The molecule has 1 aromatic rings. The lowest BCUT2D eigenvalue weighted by molar-refractivity contribution is 0.340. The molecule has 0 aliphatic carbocycles. The predicted octanol–water partition coefficient (Wildman–Crippen LogP) is 2.65. The molecule has 19 heavy (non-hydrogen) atoms. The van der Waals surface area contributed by atoms with Gasteiger partial charge in [0.2, 0.25) is 10.0 Å². The Hall–Kier alpha value is -1.07. The standard InChI is InChI=1S/C14H21NO3S/c1-3-12-6-5-11-15(12)19(16,17)14-9-7-13(8-10-14)18-4-2/h7-10,12H,3-6,11H2,1-2H3. The maximum Gasteiger partial charge on any atom is 0.243 e. The molecule has 0 saturated carbocycles. The van der Waals surface area contributed by atoms with Gasteiger partial charge in [0.25, 0.3) is 0 Å². The third-order valence-corrected chi connectivity index (χ3v) is 5.50. The fraction of sp³-hybridized carbons (Fsp3) is 0.571. The number of ether oxygens (including phenoxy) is 1. The van der Waals surface area contributed by atoms with E-state index in [-0.39, 0.29) is 6.04 Å². The molecule has 1 saturated heterocycles. The molecule has 4 nitrogen and oxygen atoms in total. The molecule has 0 N–H and O–H groups in total. The van der Waals surface area contributed by atoms with E-state index in [0.717, 1.165) is 19.3 Å². The van der Waals surface area contributed by atoms with Crippen LogP contribution in [0.5, 0.6) is 5.75 Å². The molecule has 0 spiro atoms. The molecule has 106 valence electrons. The molecular weight excluding hydrogens is 262 g/mol. The van der Waals surface area contributed by atoms with Gasteiger partial charge in [0, 0.05) is 12.6 Å². The Morgan fingerprint density at radius 1 is 1.26 bits per heavy atom. The number of sulfonamides is 1. The topological polar surface area (TPSA) is 46.6 Å². The predicted molar refractivity (Wildman–Crippen MR) is 74.8 cm³/mol. The van der Waals surface area contributed by atoms with E-state index in [4.69, 9.17) is 4.74 Å². The molecule has 1 unspecified atom stereocenters. The lowest BCUT2D eigenvalue weighted by Crippen LogP contribution is -2.35. The molecule has 5 heteroatoms. The number of hydrogen-bond acceptors (Lipinski definition) is 3. The van der Waals surface area contributed by atoms with Crippen molar-refractivity contribution in [3.05, 3.63) is 24.3 Å². The van der Waals surface area contributed by atoms with Crippen molar-refractivity contribution in [2.75, 3.05) is 13.2 Å². The van der Waals surface area contributed by atoms with Gasteiger partial charge in [-0.05, 0) is 50.5 Å². The SMILES string of the molecule is CCOc1ccc(S(=O)(=O)N2CCCC2CC)cc1. The van der Waals surface area contributed by atoms with E-state index in [9.17, 15) is 8.42 Å². The summed E-state index contributed by atoms with van der Waals surface area (Å²) < 4.78 is 32.1. The zero-order valence-corrected chi connectivity index (χ0v) is 12.3. The Labute approximate surface area is 115 Å². The Morgan fingerprint density at radius 3 is 2.53 bits per heavy atom. The average molecular weight is 283 g/mol. The first-order valence-electron chi connectivity index (χ1n) is 6.84. The Morgan fingerprint density at radius 2 is 1.95 bits per heavy atom. The maximum absolute atomic E-state index is 12.6. The molecule has 0 bridgehead atoms. The van der Waals surface area contributed by atoms with Crippen LogP contribution in [-0.4, -0.2) is 31.9 Å². The molecule has 1 aliphatic rings. The number of benzene rings is 1. The van der Waals surface area contributed by atoms with Crippen molar-refractivity contribution in [2.45, 2.75) is 44.0 Å². The van der Waals surface area contributed by atoms with Gasteiger partial charge in [0.1, 0.15) is 5.75 Å². The summed E-state index contributed by atoms with van der Waals surface area (Å²) in [6.45, 7) is 5.15. The molecule has 1 aliphatic heterocycles. The first-order valence-corrected chi connectivity index (χ1v) is 8.28. The van der Waals surface area contributed by atoms with Gasteiger partial charge in [-0.25, -0.2) is 8.42 Å². The highest BCUT2D eigenvalue weighted by Crippen LogP contribution is 2.28. The lowest BCUT2D eigenvalue weighted by Gasteiger charge is -2.23. The number of rotatable bonds is 5. The molecule has 1 atom stereocenters. The van der Waals surface area contributed by atoms with E-state index in [1.807, 2.05) is 13.8 Å². The summed E-state index contributed by atoms with van der Waals surface area (Å²) in [5, 5.41) is 0. The van der Waals surface area contributed by atoms with Crippen molar-refractivity contribution in [1.29, 1.82) is 0 Å². The van der Waals surface area contributed by atoms with Crippen molar-refractivity contribution in [1.82, 2.24) is 4.31 Å². The zero-order valence-electron chi connectivity index (χ0n) is 11.5. The van der Waals surface area contributed by atoms with Crippen molar-refractivity contribution in [2.24, 2.45) is 0 Å². The van der Waals surface area contributed by atoms with E-state index in [0.29, 0.717) is 23.8 Å². The van der Waals surface area contributed by atoms with E-state index in [1.165, 1.54) is 0 Å². The van der Waals surface area contributed by atoms with Crippen molar-refractivity contribution in [3.8, 4) is 5.75 Å². The van der Waals surface area contributed by atoms with Crippen LogP contribution in [0.4, 0.5) is 0 Å². The van der Waals surface area contributed by atoms with Crippen LogP contribution < -0.4 is 4.74 Å². The highest BCUT2D eigenvalue weighted by Gasteiger charge is 2.33. The molecule has 0 aromatic heterocycles. The normalized spacial score (nSPS) is 20.6. The van der Waals surface area contributed by atoms with Crippen LogP contribution in [-0.2, 0) is 10.0 Å². The van der Waals surface area contributed by atoms with Crippen LogP contribution in [0.1, 0.15) is 33.1 Å². The van der Waals surface area contributed by atoms with Gasteiger partial charge in [0.05, 0.1) is 11.5 Å². The third kappa shape index (κ3) is 2.92. The largest absolute Gasteiger partial charge is 0.494 e. The highest BCUT2D eigenvalue weighted by atomic mass is 32.2. The van der Waals surface area contributed by atoms with E-state index >= 15 is 0 Å². The summed E-state index contributed by atoms with van der Waals surface area (Å²) in [5.41, 5.74) is 0. The fourth-order valence-electron chi connectivity index (χ4n) is 2.54. The van der Waals surface area contributed by atoms with Gasteiger partial charge in [-0.3, -0.25) is 0 Å². The van der Waals surface area contributed by atoms with Crippen LogP contribution in [0.3, 0.4) is 0 Å². The van der Waals surface area contributed by atoms with Gasteiger partial charge in [0.15, 0.2) is 0 Å². The van der Waals surface area contributed by atoms with E-state index in [1.54, 1.807) is 28.6 Å². The third-order valence-electron chi connectivity index (χ3n) is 3.54. The summed E-state index contributed by atoms with van der Waals surface area (Å²) in [5.74, 6) is 0.704. The van der Waals surface area contributed by atoms with Crippen LogP contribution in [0.2, 0.25) is 0 Å². The van der Waals surface area contributed by atoms with Gasteiger partial charge in [-0.2, -0.15) is 4.31 Å². The van der Waals surface area contributed by atoms with Crippen molar-refractivity contribution in [3.63, 3.8) is 0 Å². The summed E-state index contributed by atoms with van der Waals surface area (Å²) in [6, 6.07) is 6.84. The van der Waals surface area contributed by atoms with E-state index in [2.05, 4.69) is 0 Å². The molecule has 2 rings (SSSR count). The molecule has 0 radical (unpaired) electrons. The average Bonchev–Trinajstić information content (AvgIpc) is 2.89. The van der Waals surface area contributed by atoms with Gasteiger partial charge in [-0.15, -0.1) is 0 Å². The Balaban J connectivity index is 2.24. The molecule has 1 heterocycles. The lowest BCUT2D eigenvalue weighted by atomic mass is 10.2. The van der Waals surface area contributed by atoms with Crippen LogP contribution >= 0.6 is 0 Å². The summed E-state index contributed by atoms with van der Waals surface area (Å²) in [4.78, 5) is 0.358. The quantitative estimate of drug-likeness (QED) is 0.834. The van der Waals surface area contributed by atoms with Gasteiger partial charge < -0.3 is 4.74 Å². The second-order valence-corrected chi connectivity index (χ2v) is 6.62.